The molecule has 7 nitrogen and oxygen atoms in total. The van der Waals surface area contributed by atoms with Crippen molar-refractivity contribution in [3.8, 4) is 0 Å². The summed E-state index contributed by atoms with van der Waals surface area (Å²) in [5, 5.41) is 8.06. The second-order valence-corrected chi connectivity index (χ2v) is 9.27. The molecule has 34 heavy (non-hydrogen) atoms. The first-order valence-corrected chi connectivity index (χ1v) is 12.0. The van der Waals surface area contributed by atoms with Gasteiger partial charge in [0.2, 0.25) is 11.8 Å². The second kappa shape index (κ2) is 12.1. The second-order valence-electron chi connectivity index (χ2n) is 8.33. The third-order valence-electron chi connectivity index (χ3n) is 5.14. The number of aryl methyl sites for hydroxylation is 1. The Morgan fingerprint density at radius 1 is 0.971 bits per heavy atom. The van der Waals surface area contributed by atoms with Crippen LogP contribution in [0, 0.1) is 12.8 Å². The number of para-hydroxylation sites is 1. The number of nitrogens with one attached hydrogen (secondary N) is 2. The van der Waals surface area contributed by atoms with Gasteiger partial charge in [-0.25, -0.2) is 9.78 Å². The van der Waals surface area contributed by atoms with Gasteiger partial charge in [-0.3, -0.25) is 9.59 Å². The van der Waals surface area contributed by atoms with Crippen LogP contribution in [-0.2, 0) is 38.6 Å². The van der Waals surface area contributed by atoms with Gasteiger partial charge in [0.1, 0.15) is 17.7 Å². The highest BCUT2D eigenvalue weighted by Gasteiger charge is 2.26. The first kappa shape index (κ1) is 25.1. The van der Waals surface area contributed by atoms with Crippen LogP contribution in [0.2, 0.25) is 0 Å². The van der Waals surface area contributed by atoms with Crippen molar-refractivity contribution in [2.75, 3.05) is 5.32 Å². The number of amides is 2. The molecule has 0 aliphatic carbocycles. The Kier molecular flexibility index (Phi) is 8.93. The Morgan fingerprint density at radius 3 is 2.38 bits per heavy atom. The zero-order valence-corrected chi connectivity index (χ0v) is 20.4. The molecule has 8 heteroatoms. The summed E-state index contributed by atoms with van der Waals surface area (Å²) in [7, 11) is 0. The van der Waals surface area contributed by atoms with Crippen molar-refractivity contribution in [1.29, 1.82) is 0 Å². The van der Waals surface area contributed by atoms with Gasteiger partial charge in [-0.2, -0.15) is 0 Å². The van der Waals surface area contributed by atoms with E-state index in [4.69, 9.17) is 4.74 Å². The number of carbonyl (C=O) groups excluding carboxylic acids is 3. The number of esters is 1. The number of benzene rings is 2. The summed E-state index contributed by atoms with van der Waals surface area (Å²) < 4.78 is 5.42. The largest absolute Gasteiger partial charge is 0.458 e. The first-order chi connectivity index (χ1) is 16.3. The predicted octanol–water partition coefficient (Wildman–Crippen LogP) is 4.06. The Bertz CT molecular complexity index is 1130. The summed E-state index contributed by atoms with van der Waals surface area (Å²) in [4.78, 5) is 41.8. The molecule has 1 atom stereocenters. The molecule has 0 bridgehead atoms. The van der Waals surface area contributed by atoms with Gasteiger partial charge in [-0.15, -0.1) is 11.3 Å². The van der Waals surface area contributed by atoms with Crippen LogP contribution < -0.4 is 10.6 Å². The number of hydrogen-bond donors (Lipinski definition) is 2. The van der Waals surface area contributed by atoms with Crippen LogP contribution in [0.15, 0.2) is 60.0 Å². The quantitative estimate of drug-likeness (QED) is 0.428. The van der Waals surface area contributed by atoms with Crippen molar-refractivity contribution >= 4 is 34.8 Å². The van der Waals surface area contributed by atoms with Crippen LogP contribution in [0.4, 0.5) is 5.69 Å². The fourth-order valence-corrected chi connectivity index (χ4v) is 4.06. The van der Waals surface area contributed by atoms with Crippen molar-refractivity contribution < 1.29 is 19.1 Å². The highest BCUT2D eigenvalue weighted by molar-refractivity contribution is 7.09. The van der Waals surface area contributed by atoms with Crippen molar-refractivity contribution in [3.63, 3.8) is 0 Å². The molecule has 0 spiro atoms. The van der Waals surface area contributed by atoms with Crippen LogP contribution in [-0.4, -0.2) is 28.8 Å². The molecular formula is C26H29N3O4S. The third kappa shape index (κ3) is 7.52. The van der Waals surface area contributed by atoms with Crippen LogP contribution in [0.1, 0.15) is 35.7 Å². The minimum atomic E-state index is -0.755. The first-order valence-electron chi connectivity index (χ1n) is 11.1. The van der Waals surface area contributed by atoms with Gasteiger partial charge in [0.25, 0.3) is 0 Å². The third-order valence-corrected chi connectivity index (χ3v) is 6.03. The Hall–Kier alpha value is -3.52. The van der Waals surface area contributed by atoms with Crippen molar-refractivity contribution in [3.05, 3.63) is 81.8 Å². The van der Waals surface area contributed by atoms with Crippen molar-refractivity contribution in [1.82, 2.24) is 10.3 Å². The van der Waals surface area contributed by atoms with E-state index < -0.39 is 12.0 Å². The van der Waals surface area contributed by atoms with Crippen LogP contribution >= 0.6 is 11.3 Å². The molecular weight excluding hydrogens is 450 g/mol. The van der Waals surface area contributed by atoms with Gasteiger partial charge in [0.15, 0.2) is 0 Å². The van der Waals surface area contributed by atoms with Gasteiger partial charge in [-0.1, -0.05) is 62.4 Å². The topological polar surface area (TPSA) is 97.4 Å². The average molecular weight is 480 g/mol. The summed E-state index contributed by atoms with van der Waals surface area (Å²) in [5.74, 6) is -1.04. The molecule has 3 rings (SSSR count). The lowest BCUT2D eigenvalue weighted by Crippen LogP contribution is -2.45. The van der Waals surface area contributed by atoms with Crippen LogP contribution in [0.3, 0.4) is 0 Å². The van der Waals surface area contributed by atoms with Gasteiger partial charge >= 0.3 is 5.97 Å². The van der Waals surface area contributed by atoms with E-state index in [0.717, 1.165) is 16.8 Å². The van der Waals surface area contributed by atoms with E-state index in [0.29, 0.717) is 10.7 Å². The lowest BCUT2D eigenvalue weighted by molar-refractivity contribution is -0.150. The number of aromatic nitrogens is 1. The van der Waals surface area contributed by atoms with Gasteiger partial charge in [-0.05, 0) is 30.0 Å². The summed E-state index contributed by atoms with van der Waals surface area (Å²) in [6.07, 6.45) is 0.328. The fourth-order valence-electron chi connectivity index (χ4n) is 3.28. The summed E-state index contributed by atoms with van der Waals surface area (Å²) in [5.41, 5.74) is 3.19. The average Bonchev–Trinajstić information content (AvgIpc) is 3.25. The highest BCUT2D eigenvalue weighted by Crippen LogP contribution is 2.16. The molecule has 0 saturated heterocycles. The minimum absolute atomic E-state index is 0.0213. The van der Waals surface area contributed by atoms with E-state index in [1.807, 2.05) is 75.4 Å². The minimum Gasteiger partial charge on any atom is -0.458 e. The molecule has 1 heterocycles. The number of ether oxygens (including phenoxy) is 1. The summed E-state index contributed by atoms with van der Waals surface area (Å²) >= 11 is 1.34. The van der Waals surface area contributed by atoms with E-state index in [9.17, 15) is 14.4 Å². The zero-order valence-electron chi connectivity index (χ0n) is 19.5. The van der Waals surface area contributed by atoms with E-state index in [2.05, 4.69) is 15.6 Å². The maximum absolute atomic E-state index is 12.6. The van der Waals surface area contributed by atoms with E-state index in [-0.39, 0.29) is 37.2 Å². The van der Waals surface area contributed by atoms with Gasteiger partial charge in [0.05, 0.1) is 18.5 Å². The summed E-state index contributed by atoms with van der Waals surface area (Å²) in [6.45, 7) is 5.61. The van der Waals surface area contributed by atoms with E-state index in [1.165, 1.54) is 11.3 Å². The van der Waals surface area contributed by atoms with E-state index in [1.54, 1.807) is 5.38 Å². The standard InChI is InChI=1S/C26H29N3O4S/c1-17(2)25(29-22(30)13-19-10-5-4-6-11-19)26(32)33-15-20-16-34-24(27-20)14-23(31)28-21-12-8-7-9-18(21)3/h4-12,16-17,25H,13-15H2,1-3H3,(H,28,31)(H,29,30). The molecule has 1 aromatic heterocycles. The molecule has 178 valence electrons. The monoisotopic (exact) mass is 479 g/mol. The van der Waals surface area contributed by atoms with Gasteiger partial charge in [0, 0.05) is 11.1 Å². The molecule has 3 aromatic rings. The highest BCUT2D eigenvalue weighted by atomic mass is 32.1. The Labute approximate surface area is 203 Å². The summed E-state index contributed by atoms with van der Waals surface area (Å²) in [6, 6.07) is 16.2. The smallest absolute Gasteiger partial charge is 0.329 e. The van der Waals surface area contributed by atoms with Gasteiger partial charge < -0.3 is 15.4 Å². The maximum atomic E-state index is 12.6. The predicted molar refractivity (Wildman–Crippen MR) is 132 cm³/mol. The number of thiazole rings is 1. The molecule has 2 amide bonds. The molecule has 0 radical (unpaired) electrons. The molecule has 0 aliphatic rings. The van der Waals surface area contributed by atoms with E-state index >= 15 is 0 Å². The molecule has 2 N–H and O–H groups in total. The fraction of sp³-hybridized carbons (Fsp3) is 0.308. The Balaban J connectivity index is 1.49. The van der Waals surface area contributed by atoms with Crippen LogP contribution in [0.5, 0.6) is 0 Å². The SMILES string of the molecule is Cc1ccccc1NC(=O)Cc1nc(COC(=O)C(NC(=O)Cc2ccccc2)C(C)C)cs1. The van der Waals surface area contributed by atoms with Crippen molar-refractivity contribution in [2.24, 2.45) is 5.92 Å². The Morgan fingerprint density at radius 2 is 1.68 bits per heavy atom. The number of rotatable bonds is 10. The van der Waals surface area contributed by atoms with Crippen molar-refractivity contribution in [2.45, 2.75) is 46.3 Å². The number of carbonyl (C=O) groups is 3. The number of nitrogens with zero attached hydrogens (tertiary/aromatic N) is 1. The normalized spacial score (nSPS) is 11.6. The lowest BCUT2D eigenvalue weighted by Gasteiger charge is -2.20. The zero-order chi connectivity index (χ0) is 24.5. The number of anilines is 1. The molecule has 0 saturated carbocycles. The maximum Gasteiger partial charge on any atom is 0.329 e. The number of hydrogen-bond acceptors (Lipinski definition) is 6. The lowest BCUT2D eigenvalue weighted by atomic mass is 10.0. The molecule has 1 unspecified atom stereocenters. The van der Waals surface area contributed by atoms with Crippen LogP contribution in [0.25, 0.3) is 0 Å². The molecule has 2 aromatic carbocycles. The molecule has 0 fully saturated rings. The molecule has 0 aliphatic heterocycles.